The van der Waals surface area contributed by atoms with Crippen molar-refractivity contribution in [3.8, 4) is 5.75 Å². The van der Waals surface area contributed by atoms with Gasteiger partial charge < -0.3 is 14.3 Å². The topological polar surface area (TPSA) is 76.1 Å². The number of carbonyl (C=O) groups excluding carboxylic acids is 1. The molecule has 1 aliphatic rings. The molecule has 1 atom stereocenters. The molecule has 1 heterocycles. The number of nitrogens with zero attached hydrogens (tertiary/aromatic N) is 1. The first-order chi connectivity index (χ1) is 11.4. The molecule has 0 radical (unpaired) electrons. The largest absolute Gasteiger partial charge is 0.544 e. The fourth-order valence-electron chi connectivity index (χ4n) is 2.71. The first-order valence-corrected chi connectivity index (χ1v) is 11.8. The monoisotopic (exact) mass is 365 g/mol. The van der Waals surface area contributed by atoms with Crippen molar-refractivity contribution < 1.29 is 23.9 Å². The van der Waals surface area contributed by atoms with Crippen LogP contribution in [0.25, 0.3) is 0 Å². The molecule has 138 valence electrons. The van der Waals surface area contributed by atoms with E-state index in [1.165, 1.54) is 4.90 Å². The second-order valence-electron chi connectivity index (χ2n) is 8.31. The van der Waals surface area contributed by atoms with Crippen molar-refractivity contribution >= 4 is 20.4 Å². The van der Waals surface area contributed by atoms with E-state index in [0.29, 0.717) is 0 Å². The Balaban J connectivity index is 2.30. The summed E-state index contributed by atoms with van der Waals surface area (Å²) in [6.07, 6.45) is -0.348. The minimum absolute atomic E-state index is 0.199. The van der Waals surface area contributed by atoms with Crippen LogP contribution in [-0.2, 0) is 22.5 Å². The molecule has 1 aliphatic heterocycles. The third-order valence-corrected chi connectivity index (χ3v) is 4.49. The molecule has 1 N–H and O–H groups in total. The summed E-state index contributed by atoms with van der Waals surface area (Å²) in [5.74, 6) is -0.269. The van der Waals surface area contributed by atoms with Crippen molar-refractivity contribution in [2.45, 2.75) is 65.0 Å². The van der Waals surface area contributed by atoms with Gasteiger partial charge in [0, 0.05) is 6.42 Å². The summed E-state index contributed by atoms with van der Waals surface area (Å²) in [6.45, 7) is 11.8. The van der Waals surface area contributed by atoms with Gasteiger partial charge in [-0.25, -0.2) is 9.59 Å². The first-order valence-electron chi connectivity index (χ1n) is 8.39. The van der Waals surface area contributed by atoms with Crippen molar-refractivity contribution in [3.63, 3.8) is 0 Å². The predicted molar refractivity (Wildman–Crippen MR) is 97.3 cm³/mol. The zero-order valence-corrected chi connectivity index (χ0v) is 16.8. The Morgan fingerprint density at radius 2 is 1.84 bits per heavy atom. The smallest absolute Gasteiger partial charge is 0.411 e. The van der Waals surface area contributed by atoms with E-state index in [4.69, 9.17) is 9.16 Å². The zero-order valence-electron chi connectivity index (χ0n) is 15.8. The zero-order chi connectivity index (χ0) is 19.0. The highest BCUT2D eigenvalue weighted by Crippen LogP contribution is 2.29. The lowest BCUT2D eigenvalue weighted by atomic mass is 9.94. The van der Waals surface area contributed by atoms with Crippen LogP contribution in [0.2, 0.25) is 19.6 Å². The van der Waals surface area contributed by atoms with E-state index in [1.807, 2.05) is 18.2 Å². The van der Waals surface area contributed by atoms with Gasteiger partial charge in [0.25, 0.3) is 0 Å². The molecule has 1 aromatic rings. The normalized spacial score (nSPS) is 17.7. The quantitative estimate of drug-likeness (QED) is 0.828. The van der Waals surface area contributed by atoms with E-state index in [0.717, 1.165) is 16.9 Å². The van der Waals surface area contributed by atoms with E-state index in [2.05, 4.69) is 19.6 Å². The lowest BCUT2D eigenvalue weighted by Crippen LogP contribution is -2.50. The van der Waals surface area contributed by atoms with E-state index in [9.17, 15) is 14.7 Å². The maximum Gasteiger partial charge on any atom is 0.411 e. The molecule has 1 aromatic carbocycles. The fraction of sp³-hybridized carbons (Fsp3) is 0.556. The van der Waals surface area contributed by atoms with E-state index >= 15 is 0 Å². The van der Waals surface area contributed by atoms with Gasteiger partial charge in [0.2, 0.25) is 8.32 Å². The SMILES string of the molecule is CC(C)(C)OC(=O)N1Cc2cc(O[Si](C)(C)C)ccc2C[C@H]1C(=O)O. The predicted octanol–water partition coefficient (Wildman–Crippen LogP) is 3.65. The van der Waals surface area contributed by atoms with Crippen LogP contribution in [0.3, 0.4) is 0 Å². The number of fused-ring (bicyclic) bond motifs is 1. The van der Waals surface area contributed by atoms with Crippen LogP contribution in [0.5, 0.6) is 5.75 Å². The van der Waals surface area contributed by atoms with E-state index in [1.54, 1.807) is 20.8 Å². The van der Waals surface area contributed by atoms with Crippen LogP contribution in [-0.4, -0.2) is 42.0 Å². The summed E-state index contributed by atoms with van der Waals surface area (Å²) < 4.78 is 11.4. The molecule has 0 saturated heterocycles. The lowest BCUT2D eigenvalue weighted by Gasteiger charge is -2.35. The minimum atomic E-state index is -1.74. The summed E-state index contributed by atoms with van der Waals surface area (Å²) in [5.41, 5.74) is 1.15. The molecule has 0 aliphatic carbocycles. The molecular formula is C18H27NO5Si. The Morgan fingerprint density at radius 3 is 2.36 bits per heavy atom. The second-order valence-corrected chi connectivity index (χ2v) is 12.7. The van der Waals surface area contributed by atoms with Crippen molar-refractivity contribution in [2.24, 2.45) is 0 Å². The number of aliphatic carboxylic acids is 1. The first kappa shape index (κ1) is 19.3. The Bertz CT molecular complexity index is 675. The van der Waals surface area contributed by atoms with Gasteiger partial charge in [-0.3, -0.25) is 4.90 Å². The summed E-state index contributed by atoms with van der Waals surface area (Å²) in [6, 6.07) is 4.75. The Labute approximate surface area is 149 Å². The standard InChI is InChI=1S/C18H27NO5Si/c1-18(2,3)23-17(22)19-11-13-9-14(24-25(4,5)6)8-7-12(13)10-15(19)16(20)21/h7-9,15H,10-11H2,1-6H3,(H,20,21)/t15-/m0/s1. The number of amides is 1. The molecule has 6 nitrogen and oxygen atoms in total. The Morgan fingerprint density at radius 1 is 1.20 bits per heavy atom. The molecule has 0 unspecified atom stereocenters. The number of carbonyl (C=O) groups is 2. The van der Waals surface area contributed by atoms with Gasteiger partial charge in [-0.1, -0.05) is 6.07 Å². The van der Waals surface area contributed by atoms with Crippen LogP contribution in [0.15, 0.2) is 18.2 Å². The van der Waals surface area contributed by atoms with Crippen molar-refractivity contribution in [2.75, 3.05) is 0 Å². The number of ether oxygens (including phenoxy) is 1. The molecule has 0 bridgehead atoms. The molecule has 0 fully saturated rings. The number of hydrogen-bond donors (Lipinski definition) is 1. The van der Waals surface area contributed by atoms with Gasteiger partial charge in [0.05, 0.1) is 6.54 Å². The van der Waals surface area contributed by atoms with Gasteiger partial charge in [-0.05, 0) is 63.7 Å². The molecule has 2 rings (SSSR count). The molecule has 0 spiro atoms. The third kappa shape index (κ3) is 5.22. The van der Waals surface area contributed by atoms with Crippen LogP contribution in [0.1, 0.15) is 31.9 Å². The van der Waals surface area contributed by atoms with Crippen LogP contribution < -0.4 is 4.43 Å². The maximum atomic E-state index is 12.5. The molecule has 0 saturated carbocycles. The van der Waals surface area contributed by atoms with Crippen molar-refractivity contribution in [1.29, 1.82) is 0 Å². The number of rotatable bonds is 3. The van der Waals surface area contributed by atoms with Gasteiger partial charge in [0.15, 0.2) is 0 Å². The molecule has 7 heteroatoms. The van der Waals surface area contributed by atoms with E-state index < -0.39 is 32.0 Å². The molecular weight excluding hydrogens is 338 g/mol. The van der Waals surface area contributed by atoms with Crippen molar-refractivity contribution in [1.82, 2.24) is 4.90 Å². The fourth-order valence-corrected chi connectivity index (χ4v) is 3.54. The maximum absolute atomic E-state index is 12.5. The van der Waals surface area contributed by atoms with Crippen LogP contribution in [0.4, 0.5) is 4.79 Å². The average Bonchev–Trinajstić information content (AvgIpc) is 2.42. The summed E-state index contributed by atoms with van der Waals surface area (Å²) >= 11 is 0. The number of hydrogen-bond acceptors (Lipinski definition) is 4. The average molecular weight is 366 g/mol. The molecule has 25 heavy (non-hydrogen) atoms. The summed E-state index contributed by atoms with van der Waals surface area (Å²) in [5, 5.41) is 9.52. The van der Waals surface area contributed by atoms with Crippen LogP contribution in [0, 0.1) is 0 Å². The summed E-state index contributed by atoms with van der Waals surface area (Å²) in [4.78, 5) is 25.4. The van der Waals surface area contributed by atoms with Crippen molar-refractivity contribution in [3.05, 3.63) is 29.3 Å². The third-order valence-electron chi connectivity index (χ3n) is 3.65. The highest BCUT2D eigenvalue weighted by atomic mass is 28.4. The summed E-state index contributed by atoms with van der Waals surface area (Å²) in [7, 11) is -1.74. The number of benzene rings is 1. The number of carboxylic acids is 1. The Kier molecular flexibility index (Phi) is 5.18. The molecule has 0 aromatic heterocycles. The van der Waals surface area contributed by atoms with Gasteiger partial charge >= 0.3 is 12.1 Å². The highest BCUT2D eigenvalue weighted by molar-refractivity contribution is 6.70. The van der Waals surface area contributed by atoms with Crippen LogP contribution >= 0.6 is 0 Å². The Hall–Kier alpha value is -2.02. The number of carboxylic acid groups (broad SMARTS) is 1. The second kappa shape index (κ2) is 6.71. The lowest BCUT2D eigenvalue weighted by molar-refractivity contribution is -0.143. The van der Waals surface area contributed by atoms with Gasteiger partial charge in [-0.15, -0.1) is 0 Å². The highest BCUT2D eigenvalue weighted by Gasteiger charge is 2.37. The molecule has 1 amide bonds. The van der Waals surface area contributed by atoms with Gasteiger partial charge in [0.1, 0.15) is 17.4 Å². The van der Waals surface area contributed by atoms with Gasteiger partial charge in [-0.2, -0.15) is 0 Å². The minimum Gasteiger partial charge on any atom is -0.544 e. The van der Waals surface area contributed by atoms with E-state index in [-0.39, 0.29) is 13.0 Å².